The number of nitriles is 1. The van der Waals surface area contributed by atoms with Gasteiger partial charge < -0.3 is 5.11 Å². The average molecular weight is 253 g/mol. The Bertz CT molecular complexity index is 245. The summed E-state index contributed by atoms with van der Waals surface area (Å²) in [4.78, 5) is 10.6. The molecule has 0 rings (SSSR count). The Kier molecular flexibility index (Phi) is 11.7. The number of carboxylic acid groups (broad SMARTS) is 1. The van der Waals surface area contributed by atoms with Gasteiger partial charge in [-0.3, -0.25) is 4.79 Å². The van der Waals surface area contributed by atoms with Gasteiger partial charge in [0.25, 0.3) is 0 Å². The molecule has 0 aliphatic carbocycles. The van der Waals surface area contributed by atoms with E-state index in [9.17, 15) is 4.79 Å². The molecule has 0 aromatic heterocycles. The molecule has 18 heavy (non-hydrogen) atoms. The maximum Gasteiger partial charge on any atom is 0.320 e. The molecule has 0 aromatic rings. The molecule has 1 atom stereocenters. The van der Waals surface area contributed by atoms with Crippen LogP contribution in [0.1, 0.15) is 77.6 Å². The normalized spacial score (nSPS) is 12.0. The molecule has 0 saturated carbocycles. The smallest absolute Gasteiger partial charge is 0.320 e. The van der Waals surface area contributed by atoms with Gasteiger partial charge in [0.05, 0.1) is 6.07 Å². The predicted molar refractivity (Wildman–Crippen MR) is 73.2 cm³/mol. The standard InChI is InChI=1S/C15H27NO2/c1-2-3-4-5-6-7-8-9-10-11-12-14(13-16)15(17)18/h14H,2-12H2,1H3,(H,17,18). The van der Waals surface area contributed by atoms with E-state index >= 15 is 0 Å². The molecule has 1 N–H and O–H groups in total. The van der Waals surface area contributed by atoms with Crippen LogP contribution in [0, 0.1) is 17.2 Å². The Morgan fingerprint density at radius 1 is 1.00 bits per heavy atom. The lowest BCUT2D eigenvalue weighted by Gasteiger charge is -2.04. The highest BCUT2D eigenvalue weighted by Gasteiger charge is 2.14. The van der Waals surface area contributed by atoms with E-state index in [0.717, 1.165) is 12.8 Å². The summed E-state index contributed by atoms with van der Waals surface area (Å²) in [5.74, 6) is -1.78. The van der Waals surface area contributed by atoms with Gasteiger partial charge in [-0.05, 0) is 6.42 Å². The van der Waals surface area contributed by atoms with Gasteiger partial charge in [-0.1, -0.05) is 71.1 Å². The lowest BCUT2D eigenvalue weighted by atomic mass is 10.0. The third kappa shape index (κ3) is 10.1. The van der Waals surface area contributed by atoms with Crippen LogP contribution >= 0.6 is 0 Å². The topological polar surface area (TPSA) is 61.1 Å². The Hall–Kier alpha value is -1.04. The molecule has 0 spiro atoms. The van der Waals surface area contributed by atoms with Crippen molar-refractivity contribution >= 4 is 5.97 Å². The Labute approximate surface area is 111 Å². The SMILES string of the molecule is CCCCCCCCCCCCC(C#N)C(=O)O. The summed E-state index contributed by atoms with van der Waals surface area (Å²) >= 11 is 0. The first-order valence-electron chi connectivity index (χ1n) is 7.34. The number of nitrogens with zero attached hydrogens (tertiary/aromatic N) is 1. The number of carbonyl (C=O) groups is 1. The van der Waals surface area contributed by atoms with Gasteiger partial charge in [0.1, 0.15) is 5.92 Å². The quantitative estimate of drug-likeness (QED) is 0.520. The highest BCUT2D eigenvalue weighted by atomic mass is 16.4. The first-order chi connectivity index (χ1) is 8.72. The third-order valence-corrected chi connectivity index (χ3v) is 3.30. The van der Waals surface area contributed by atoms with Gasteiger partial charge >= 0.3 is 5.97 Å². The maximum absolute atomic E-state index is 10.6. The minimum atomic E-state index is -0.978. The average Bonchev–Trinajstić information content (AvgIpc) is 2.35. The van der Waals surface area contributed by atoms with Crippen molar-refractivity contribution in [2.75, 3.05) is 0 Å². The second-order valence-electron chi connectivity index (χ2n) is 4.99. The van der Waals surface area contributed by atoms with E-state index in [4.69, 9.17) is 10.4 Å². The lowest BCUT2D eigenvalue weighted by Crippen LogP contribution is -2.10. The molecule has 104 valence electrons. The number of hydrogen-bond acceptors (Lipinski definition) is 2. The summed E-state index contributed by atoms with van der Waals surface area (Å²) in [5, 5.41) is 17.3. The Morgan fingerprint density at radius 2 is 1.44 bits per heavy atom. The fourth-order valence-electron chi connectivity index (χ4n) is 2.08. The molecule has 1 unspecified atom stereocenters. The van der Waals surface area contributed by atoms with Crippen LogP contribution < -0.4 is 0 Å². The van der Waals surface area contributed by atoms with E-state index in [1.165, 1.54) is 51.4 Å². The zero-order valence-electron chi connectivity index (χ0n) is 11.7. The second-order valence-corrected chi connectivity index (χ2v) is 4.99. The summed E-state index contributed by atoms with van der Waals surface area (Å²) in [6.07, 6.45) is 12.8. The van der Waals surface area contributed by atoms with Gasteiger partial charge in [-0.2, -0.15) is 5.26 Å². The van der Waals surface area contributed by atoms with Crippen LogP contribution in [0.3, 0.4) is 0 Å². The van der Waals surface area contributed by atoms with Gasteiger partial charge in [-0.15, -0.1) is 0 Å². The molecular weight excluding hydrogens is 226 g/mol. The van der Waals surface area contributed by atoms with E-state index in [-0.39, 0.29) is 0 Å². The number of hydrogen-bond donors (Lipinski definition) is 1. The maximum atomic E-state index is 10.6. The summed E-state index contributed by atoms with van der Waals surface area (Å²) in [6.45, 7) is 2.23. The fourth-order valence-corrected chi connectivity index (χ4v) is 2.08. The van der Waals surface area contributed by atoms with Crippen molar-refractivity contribution in [3.8, 4) is 6.07 Å². The summed E-state index contributed by atoms with van der Waals surface area (Å²) in [5.41, 5.74) is 0. The highest BCUT2D eigenvalue weighted by Crippen LogP contribution is 2.13. The highest BCUT2D eigenvalue weighted by molar-refractivity contribution is 5.72. The molecule has 3 heteroatoms. The van der Waals surface area contributed by atoms with Crippen LogP contribution in [-0.2, 0) is 4.79 Å². The molecule has 0 aliphatic rings. The Balaban J connectivity index is 3.21. The van der Waals surface area contributed by atoms with Gasteiger partial charge in [0.15, 0.2) is 0 Å². The monoisotopic (exact) mass is 253 g/mol. The van der Waals surface area contributed by atoms with Crippen molar-refractivity contribution in [1.82, 2.24) is 0 Å². The molecule has 0 aliphatic heterocycles. The van der Waals surface area contributed by atoms with E-state index in [1.54, 1.807) is 0 Å². The molecule has 0 fully saturated rings. The van der Waals surface area contributed by atoms with Crippen LogP contribution in [0.25, 0.3) is 0 Å². The van der Waals surface area contributed by atoms with Gasteiger partial charge in [0.2, 0.25) is 0 Å². The number of carboxylic acids is 1. The fraction of sp³-hybridized carbons (Fsp3) is 0.867. The van der Waals surface area contributed by atoms with E-state index in [0.29, 0.717) is 6.42 Å². The van der Waals surface area contributed by atoms with Gasteiger partial charge in [0, 0.05) is 0 Å². The minimum Gasteiger partial charge on any atom is -0.480 e. The van der Waals surface area contributed by atoms with Crippen LogP contribution in [0.2, 0.25) is 0 Å². The molecule has 0 saturated heterocycles. The van der Waals surface area contributed by atoms with Crippen molar-refractivity contribution < 1.29 is 9.90 Å². The third-order valence-electron chi connectivity index (χ3n) is 3.30. The number of aliphatic carboxylic acids is 1. The summed E-state index contributed by atoms with van der Waals surface area (Å²) in [7, 11) is 0. The molecule has 0 radical (unpaired) electrons. The van der Waals surface area contributed by atoms with Crippen LogP contribution in [-0.4, -0.2) is 11.1 Å². The predicted octanol–water partition coefficient (Wildman–Crippen LogP) is 4.52. The molecular formula is C15H27NO2. The second kappa shape index (κ2) is 12.4. The largest absolute Gasteiger partial charge is 0.480 e. The van der Waals surface area contributed by atoms with Crippen molar-refractivity contribution in [2.45, 2.75) is 77.6 Å². The zero-order valence-corrected chi connectivity index (χ0v) is 11.7. The zero-order chi connectivity index (χ0) is 13.6. The first-order valence-corrected chi connectivity index (χ1v) is 7.34. The molecule has 0 amide bonds. The minimum absolute atomic E-state index is 0.502. The molecule has 0 bridgehead atoms. The van der Waals surface area contributed by atoms with Crippen molar-refractivity contribution in [1.29, 1.82) is 5.26 Å². The van der Waals surface area contributed by atoms with Crippen LogP contribution in [0.4, 0.5) is 0 Å². The van der Waals surface area contributed by atoms with Gasteiger partial charge in [-0.25, -0.2) is 0 Å². The van der Waals surface area contributed by atoms with Crippen molar-refractivity contribution in [3.05, 3.63) is 0 Å². The summed E-state index contributed by atoms with van der Waals surface area (Å²) in [6, 6.07) is 1.83. The molecule has 0 aromatic carbocycles. The molecule has 3 nitrogen and oxygen atoms in total. The van der Waals surface area contributed by atoms with Crippen molar-refractivity contribution in [2.24, 2.45) is 5.92 Å². The van der Waals surface area contributed by atoms with E-state index < -0.39 is 11.9 Å². The number of unbranched alkanes of at least 4 members (excludes halogenated alkanes) is 9. The van der Waals surface area contributed by atoms with E-state index in [1.807, 2.05) is 6.07 Å². The number of rotatable bonds is 12. The first kappa shape index (κ1) is 17.0. The Morgan fingerprint density at radius 3 is 1.83 bits per heavy atom. The van der Waals surface area contributed by atoms with E-state index in [2.05, 4.69) is 6.92 Å². The van der Waals surface area contributed by atoms with Crippen molar-refractivity contribution in [3.63, 3.8) is 0 Å². The summed E-state index contributed by atoms with van der Waals surface area (Å²) < 4.78 is 0. The molecule has 0 heterocycles. The van der Waals surface area contributed by atoms with Crippen LogP contribution in [0.15, 0.2) is 0 Å². The lowest BCUT2D eigenvalue weighted by molar-refractivity contribution is -0.140. The van der Waals surface area contributed by atoms with Crippen LogP contribution in [0.5, 0.6) is 0 Å².